The van der Waals surface area contributed by atoms with Crippen molar-refractivity contribution in [2.45, 2.75) is 41.0 Å². The largest absolute Gasteiger partial charge is 0.300 e. The monoisotopic (exact) mass is 172 g/mol. The molecule has 0 saturated heterocycles. The Morgan fingerprint density at radius 1 is 1.33 bits per heavy atom. The molecule has 72 valence electrons. The van der Waals surface area contributed by atoms with Gasteiger partial charge in [0.2, 0.25) is 0 Å². The normalized spacial score (nSPS) is 6.92. The number of allylic oxidation sites excluding steroid dienone is 1. The molecule has 0 atom stereocenters. The average molecular weight is 172 g/mol. The lowest BCUT2D eigenvalue weighted by molar-refractivity contribution is -0.117. The number of hydrogen-bond donors (Lipinski definition) is 0. The van der Waals surface area contributed by atoms with Gasteiger partial charge in [-0.25, -0.2) is 0 Å². The van der Waals surface area contributed by atoms with Crippen molar-refractivity contribution in [1.82, 2.24) is 0 Å². The van der Waals surface area contributed by atoms with Crippen LogP contribution in [-0.2, 0) is 9.59 Å². The second kappa shape index (κ2) is 12.7. The van der Waals surface area contributed by atoms with Crippen LogP contribution in [0.2, 0.25) is 0 Å². The molecule has 12 heavy (non-hydrogen) atoms. The van der Waals surface area contributed by atoms with Crippen LogP contribution in [0.25, 0.3) is 0 Å². The van der Waals surface area contributed by atoms with Crippen LogP contribution in [0, 0.1) is 0 Å². The third-order valence-electron chi connectivity index (χ3n) is 0.890. The van der Waals surface area contributed by atoms with E-state index in [0.717, 1.165) is 12.8 Å². The number of carbonyl (C=O) groups excluding carboxylic acids is 2. The van der Waals surface area contributed by atoms with Crippen LogP contribution < -0.4 is 0 Å². The lowest BCUT2D eigenvalue weighted by Crippen LogP contribution is -1.84. The van der Waals surface area contributed by atoms with Crippen LogP contribution in [0.4, 0.5) is 0 Å². The molecule has 2 heteroatoms. The van der Waals surface area contributed by atoms with Gasteiger partial charge in [0.1, 0.15) is 5.78 Å². The third-order valence-corrected chi connectivity index (χ3v) is 0.890. The number of hydrogen-bond acceptors (Lipinski definition) is 2. The zero-order chi connectivity index (χ0) is 9.28. The summed E-state index contributed by atoms with van der Waals surface area (Å²) in [5.41, 5.74) is 0. The zero-order valence-electron chi connectivity index (χ0n) is 7.52. The molecular weight excluding hydrogens is 152 g/mol. The lowest BCUT2D eigenvalue weighted by Gasteiger charge is -1.80. The molecule has 0 fully saturated rings. The number of ketones is 2. The molecule has 0 radical (unpaired) electrons. The summed E-state index contributed by atoms with van der Waals surface area (Å²) in [4.78, 5) is 19.7. The maximum Gasteiger partial charge on any atom is 0.152 e. The maximum atomic E-state index is 10.0. The Hall–Kier alpha value is -0.920. The predicted octanol–water partition coefficient (Wildman–Crippen LogP) is 2.77. The van der Waals surface area contributed by atoms with Gasteiger partial charge in [-0.1, -0.05) is 20.9 Å². The highest BCUT2D eigenvalue weighted by atomic mass is 16.1. The third kappa shape index (κ3) is 35.6. The van der Waals surface area contributed by atoms with Crippen LogP contribution in [0.5, 0.6) is 0 Å². The Bertz CT molecular complexity index is 137. The number of rotatable bonds is 3. The summed E-state index contributed by atoms with van der Waals surface area (Å²) < 4.78 is 0. The average Bonchev–Trinajstić information content (AvgIpc) is 1.89. The number of Topliss-reactive ketones (excluding diaryl/α,β-unsaturated/α-hetero) is 1. The fourth-order valence-electron chi connectivity index (χ4n) is 0.352. The molecule has 0 aliphatic heterocycles. The minimum Gasteiger partial charge on any atom is -0.300 e. The molecule has 0 N–H and O–H groups in total. The molecule has 0 aromatic rings. The van der Waals surface area contributed by atoms with E-state index in [2.05, 4.69) is 6.58 Å². The molecule has 0 aliphatic carbocycles. The Balaban J connectivity index is -0.000000126. The van der Waals surface area contributed by atoms with Crippen LogP contribution in [-0.4, -0.2) is 11.6 Å². The highest BCUT2D eigenvalue weighted by molar-refractivity contribution is 5.86. The van der Waals surface area contributed by atoms with Crippen molar-refractivity contribution in [2.75, 3.05) is 0 Å². The van der Waals surface area contributed by atoms with E-state index in [1.807, 2.05) is 6.92 Å². The predicted molar refractivity (Wildman–Crippen MR) is 53.2 cm³/mol. The molecule has 0 spiro atoms. The zero-order valence-corrected chi connectivity index (χ0v) is 7.52. The summed E-state index contributed by atoms with van der Waals surface area (Å²) in [5.74, 6) is 0.308. The van der Waals surface area contributed by atoms with E-state index in [4.69, 9.17) is 0 Å². The van der Waals surface area contributed by atoms with E-state index < -0.39 is 0 Å². The fourth-order valence-corrected chi connectivity index (χ4v) is 0.352. The number of carbonyl (C=O) groups is 2. The maximum absolute atomic E-state index is 10.0. The van der Waals surface area contributed by atoms with Crippen LogP contribution >= 0.6 is 0 Å². The first-order valence-corrected chi connectivity index (χ1v) is 3.67. The van der Waals surface area contributed by atoms with E-state index >= 15 is 0 Å². The summed E-state index contributed by atoms with van der Waals surface area (Å²) >= 11 is 0. The first-order chi connectivity index (χ1) is 5.04. The molecule has 2 nitrogen and oxygen atoms in total. The SMILES string of the molecule is C.C=CC(C)=O.CCCC(C)=O. The Kier molecular flexibility index (Phi) is 18.3. The first kappa shape index (κ1) is 17.2. The summed E-state index contributed by atoms with van der Waals surface area (Å²) in [6, 6.07) is 0. The van der Waals surface area contributed by atoms with Crippen molar-refractivity contribution in [2.24, 2.45) is 0 Å². The van der Waals surface area contributed by atoms with Gasteiger partial charge in [0.15, 0.2) is 5.78 Å². The standard InChI is InChI=1S/C5H10O.C4H6O.CH4/c1-3-4-5(2)6;1-3-4(2)5;/h3-4H2,1-2H3;3H,1H2,2H3;1H4. The highest BCUT2D eigenvalue weighted by Gasteiger charge is 1.83. The summed E-state index contributed by atoms with van der Waals surface area (Å²) in [7, 11) is 0. The van der Waals surface area contributed by atoms with E-state index in [-0.39, 0.29) is 19.0 Å². The van der Waals surface area contributed by atoms with Crippen molar-refractivity contribution < 1.29 is 9.59 Å². The van der Waals surface area contributed by atoms with E-state index in [0.29, 0.717) is 0 Å². The molecule has 0 aliphatic rings. The lowest BCUT2D eigenvalue weighted by atomic mass is 10.3. The fraction of sp³-hybridized carbons (Fsp3) is 0.600. The minimum atomic E-state index is 0. The topological polar surface area (TPSA) is 34.1 Å². The van der Waals surface area contributed by atoms with Crippen LogP contribution in [0.1, 0.15) is 41.0 Å². The quantitative estimate of drug-likeness (QED) is 0.613. The van der Waals surface area contributed by atoms with Crippen molar-refractivity contribution >= 4 is 11.6 Å². The van der Waals surface area contributed by atoms with Gasteiger partial charge in [-0.2, -0.15) is 0 Å². The van der Waals surface area contributed by atoms with Crippen molar-refractivity contribution in [3.05, 3.63) is 12.7 Å². The second-order valence-corrected chi connectivity index (χ2v) is 2.27. The van der Waals surface area contributed by atoms with Gasteiger partial charge < -0.3 is 4.79 Å². The summed E-state index contributed by atoms with van der Waals surface area (Å²) in [6.07, 6.45) is 3.00. The first-order valence-electron chi connectivity index (χ1n) is 3.67. The van der Waals surface area contributed by atoms with E-state index in [1.165, 1.54) is 13.0 Å². The van der Waals surface area contributed by atoms with Gasteiger partial charge in [0.25, 0.3) is 0 Å². The van der Waals surface area contributed by atoms with Gasteiger partial charge in [0.05, 0.1) is 0 Å². The van der Waals surface area contributed by atoms with E-state index in [1.54, 1.807) is 6.92 Å². The van der Waals surface area contributed by atoms with Crippen molar-refractivity contribution in [3.8, 4) is 0 Å². The summed E-state index contributed by atoms with van der Waals surface area (Å²) in [5, 5.41) is 0. The van der Waals surface area contributed by atoms with Gasteiger partial charge in [0, 0.05) is 6.42 Å². The Morgan fingerprint density at radius 3 is 1.67 bits per heavy atom. The van der Waals surface area contributed by atoms with Crippen LogP contribution in [0.15, 0.2) is 12.7 Å². The summed E-state index contributed by atoms with van der Waals surface area (Å²) in [6.45, 7) is 8.29. The molecule has 0 aromatic carbocycles. The van der Waals surface area contributed by atoms with Crippen LogP contribution in [0.3, 0.4) is 0 Å². The minimum absolute atomic E-state index is 0. The molecule has 0 saturated carbocycles. The molecule has 0 amide bonds. The van der Waals surface area contributed by atoms with Gasteiger partial charge in [-0.05, 0) is 26.3 Å². The molecule has 0 aromatic heterocycles. The van der Waals surface area contributed by atoms with Gasteiger partial charge in [-0.15, -0.1) is 0 Å². The highest BCUT2D eigenvalue weighted by Crippen LogP contribution is 1.84. The second-order valence-electron chi connectivity index (χ2n) is 2.27. The van der Waals surface area contributed by atoms with E-state index in [9.17, 15) is 9.59 Å². The van der Waals surface area contributed by atoms with Gasteiger partial charge in [-0.3, -0.25) is 4.79 Å². The Morgan fingerprint density at radius 2 is 1.67 bits per heavy atom. The Labute approximate surface area is 75.7 Å². The molecule has 0 unspecified atom stereocenters. The molecule has 0 bridgehead atoms. The molecular formula is C10H20O2. The van der Waals surface area contributed by atoms with Crippen molar-refractivity contribution in [1.29, 1.82) is 0 Å². The smallest absolute Gasteiger partial charge is 0.152 e. The molecule has 0 heterocycles. The molecule has 0 rings (SSSR count). The van der Waals surface area contributed by atoms with Crippen molar-refractivity contribution in [3.63, 3.8) is 0 Å². The van der Waals surface area contributed by atoms with Gasteiger partial charge >= 0.3 is 0 Å².